The molecule has 0 aromatic heterocycles. The normalized spacial score (nSPS) is 15.1. The molecule has 0 aromatic rings. The van der Waals surface area contributed by atoms with Gasteiger partial charge in [-0.15, -0.1) is 0 Å². The van der Waals surface area contributed by atoms with E-state index in [2.05, 4.69) is 20.9 Å². The molecule has 0 saturated heterocycles. The van der Waals surface area contributed by atoms with Crippen molar-refractivity contribution in [1.29, 1.82) is 0 Å². The number of rotatable bonds is 16. The minimum absolute atomic E-state index is 0.0113. The molecule has 0 radical (unpaired) electrons. The Morgan fingerprint density at radius 3 is 1.89 bits per heavy atom. The van der Waals surface area contributed by atoms with E-state index in [4.69, 9.17) is 22.3 Å². The summed E-state index contributed by atoms with van der Waals surface area (Å²) in [5.74, 6) is -5.57. The van der Waals surface area contributed by atoms with E-state index in [-0.39, 0.29) is 38.2 Å². The summed E-state index contributed by atoms with van der Waals surface area (Å²) >= 11 is 0. The smallest absolute Gasteiger partial charge is 0.328 e. The van der Waals surface area contributed by atoms with Crippen molar-refractivity contribution in [3.63, 3.8) is 0 Å². The molecule has 200 valence electrons. The van der Waals surface area contributed by atoms with Gasteiger partial charge in [-0.2, -0.15) is 0 Å². The summed E-state index contributed by atoms with van der Waals surface area (Å²) in [5, 5.41) is 34.7. The standard InChI is InChI=1S/C20H37N7O8/c1-9(2)14(26-16(31)11(21)6-7-13(29)30)18(33)25-12(5-4-8-24-20(22)23)17(32)27-15(10(3)28)19(34)35/h9-12,14-15,28H,4-8,21H2,1-3H3,(H,25,33)(H,26,31)(H,27,32)(H,29,30)(H,34,35)(H4,22,23,24). The molecule has 3 amide bonds. The molecule has 15 nitrogen and oxygen atoms in total. The van der Waals surface area contributed by atoms with Gasteiger partial charge >= 0.3 is 11.9 Å². The van der Waals surface area contributed by atoms with Crippen molar-refractivity contribution in [3.05, 3.63) is 0 Å². The third-order valence-electron chi connectivity index (χ3n) is 4.88. The van der Waals surface area contributed by atoms with Crippen molar-refractivity contribution >= 4 is 35.6 Å². The molecule has 0 saturated carbocycles. The summed E-state index contributed by atoms with van der Waals surface area (Å²) < 4.78 is 0. The lowest BCUT2D eigenvalue weighted by molar-refractivity contribution is -0.145. The molecule has 0 fully saturated rings. The Kier molecular flexibility index (Phi) is 13.9. The first-order valence-corrected chi connectivity index (χ1v) is 11.0. The first-order valence-electron chi connectivity index (χ1n) is 11.0. The molecule has 0 spiro atoms. The van der Waals surface area contributed by atoms with Crippen LogP contribution in [-0.4, -0.2) is 87.8 Å². The monoisotopic (exact) mass is 503 g/mol. The van der Waals surface area contributed by atoms with E-state index in [1.807, 2.05) is 0 Å². The minimum atomic E-state index is -1.62. The maximum absolute atomic E-state index is 12.9. The first kappa shape index (κ1) is 31.5. The number of nitrogens with two attached hydrogens (primary N) is 3. The zero-order valence-corrected chi connectivity index (χ0v) is 20.1. The van der Waals surface area contributed by atoms with Gasteiger partial charge in [-0.05, 0) is 32.1 Å². The molecule has 0 bridgehead atoms. The Balaban J connectivity index is 5.52. The van der Waals surface area contributed by atoms with Crippen LogP contribution in [0.3, 0.4) is 0 Å². The van der Waals surface area contributed by atoms with Crippen molar-refractivity contribution in [2.24, 2.45) is 28.1 Å². The lowest BCUT2D eigenvalue weighted by Crippen LogP contribution is -2.59. The van der Waals surface area contributed by atoms with Crippen molar-refractivity contribution in [1.82, 2.24) is 16.0 Å². The van der Waals surface area contributed by atoms with Gasteiger partial charge in [0.15, 0.2) is 12.0 Å². The number of nitrogens with one attached hydrogen (secondary N) is 3. The van der Waals surface area contributed by atoms with Gasteiger partial charge in [-0.25, -0.2) is 4.79 Å². The molecule has 15 heteroatoms. The van der Waals surface area contributed by atoms with Crippen LogP contribution in [0.5, 0.6) is 0 Å². The second-order valence-electron chi connectivity index (χ2n) is 8.34. The third kappa shape index (κ3) is 12.5. The van der Waals surface area contributed by atoms with Gasteiger partial charge in [0.25, 0.3) is 0 Å². The van der Waals surface area contributed by atoms with Crippen molar-refractivity contribution in [2.45, 2.75) is 76.7 Å². The predicted octanol–water partition coefficient (Wildman–Crippen LogP) is -3.19. The summed E-state index contributed by atoms with van der Waals surface area (Å²) in [6.07, 6.45) is -1.64. The molecule has 5 atom stereocenters. The fraction of sp³-hybridized carbons (Fsp3) is 0.700. The van der Waals surface area contributed by atoms with Crippen LogP contribution in [0.1, 0.15) is 46.5 Å². The van der Waals surface area contributed by atoms with Crippen LogP contribution in [0.15, 0.2) is 4.99 Å². The maximum Gasteiger partial charge on any atom is 0.328 e. The number of hydrogen-bond acceptors (Lipinski definition) is 8. The molecule has 0 aliphatic carbocycles. The van der Waals surface area contributed by atoms with Gasteiger partial charge < -0.3 is 48.5 Å². The fourth-order valence-electron chi connectivity index (χ4n) is 2.88. The summed E-state index contributed by atoms with van der Waals surface area (Å²) in [5.41, 5.74) is 16.2. The molecule has 0 aliphatic heterocycles. The van der Waals surface area contributed by atoms with Gasteiger partial charge in [0, 0.05) is 13.0 Å². The van der Waals surface area contributed by atoms with E-state index in [0.29, 0.717) is 0 Å². The Morgan fingerprint density at radius 1 is 0.857 bits per heavy atom. The number of aliphatic hydroxyl groups excluding tert-OH is 1. The number of guanidine groups is 1. The number of aliphatic hydroxyl groups is 1. The quantitative estimate of drug-likeness (QED) is 0.0574. The highest BCUT2D eigenvalue weighted by Gasteiger charge is 2.32. The summed E-state index contributed by atoms with van der Waals surface area (Å²) in [7, 11) is 0. The van der Waals surface area contributed by atoms with Crippen LogP contribution in [0.2, 0.25) is 0 Å². The molecule has 0 aliphatic rings. The summed E-state index contributed by atoms with van der Waals surface area (Å²) in [4.78, 5) is 63.8. The number of amides is 3. The Labute approximate surface area is 202 Å². The average Bonchev–Trinajstić information content (AvgIpc) is 2.74. The number of aliphatic imine (C=N–C) groups is 1. The molecule has 0 aromatic carbocycles. The van der Waals surface area contributed by atoms with Crippen LogP contribution >= 0.6 is 0 Å². The van der Waals surface area contributed by atoms with E-state index in [9.17, 15) is 34.2 Å². The lowest BCUT2D eigenvalue weighted by atomic mass is 10.0. The summed E-state index contributed by atoms with van der Waals surface area (Å²) in [6.45, 7) is 4.58. The number of nitrogens with zero attached hydrogens (tertiary/aromatic N) is 1. The average molecular weight is 504 g/mol. The number of carboxylic acid groups (broad SMARTS) is 2. The number of carbonyl (C=O) groups is 5. The second-order valence-corrected chi connectivity index (χ2v) is 8.34. The predicted molar refractivity (Wildman–Crippen MR) is 125 cm³/mol. The van der Waals surface area contributed by atoms with Gasteiger partial charge in [-0.3, -0.25) is 24.2 Å². The maximum atomic E-state index is 12.9. The van der Waals surface area contributed by atoms with E-state index < -0.39 is 65.8 Å². The van der Waals surface area contributed by atoms with Crippen LogP contribution < -0.4 is 33.2 Å². The number of aliphatic carboxylic acids is 2. The highest BCUT2D eigenvalue weighted by molar-refractivity contribution is 5.94. The molecule has 5 unspecified atom stereocenters. The Morgan fingerprint density at radius 2 is 1.43 bits per heavy atom. The van der Waals surface area contributed by atoms with Crippen LogP contribution in [0.4, 0.5) is 0 Å². The Hall–Kier alpha value is -3.46. The number of hydrogen-bond donors (Lipinski definition) is 9. The molecule has 12 N–H and O–H groups in total. The first-order chi connectivity index (χ1) is 16.2. The van der Waals surface area contributed by atoms with E-state index in [1.165, 1.54) is 6.92 Å². The molecular weight excluding hydrogens is 466 g/mol. The van der Waals surface area contributed by atoms with Crippen LogP contribution in [0.25, 0.3) is 0 Å². The number of carboxylic acids is 2. The topological polar surface area (TPSA) is 273 Å². The van der Waals surface area contributed by atoms with E-state index in [0.717, 1.165) is 0 Å². The highest BCUT2D eigenvalue weighted by Crippen LogP contribution is 2.07. The number of carbonyl (C=O) groups excluding carboxylic acids is 3. The van der Waals surface area contributed by atoms with E-state index in [1.54, 1.807) is 13.8 Å². The SMILES string of the molecule is CC(C)C(NC(=O)C(N)CCC(=O)O)C(=O)NC(CCCN=C(N)N)C(=O)NC(C(=O)O)C(C)O. The fourth-order valence-corrected chi connectivity index (χ4v) is 2.88. The third-order valence-corrected chi connectivity index (χ3v) is 4.88. The zero-order valence-electron chi connectivity index (χ0n) is 20.1. The van der Waals surface area contributed by atoms with Gasteiger partial charge in [0.2, 0.25) is 17.7 Å². The molecule has 0 heterocycles. The summed E-state index contributed by atoms with van der Waals surface area (Å²) in [6, 6.07) is -5.15. The van der Waals surface area contributed by atoms with Crippen LogP contribution in [0, 0.1) is 5.92 Å². The Bertz CT molecular complexity index is 783. The van der Waals surface area contributed by atoms with Crippen molar-refractivity contribution in [2.75, 3.05) is 6.54 Å². The lowest BCUT2D eigenvalue weighted by Gasteiger charge is -2.27. The van der Waals surface area contributed by atoms with Crippen molar-refractivity contribution < 1.29 is 39.3 Å². The minimum Gasteiger partial charge on any atom is -0.481 e. The zero-order chi connectivity index (χ0) is 27.3. The highest BCUT2D eigenvalue weighted by atomic mass is 16.4. The largest absolute Gasteiger partial charge is 0.481 e. The molecule has 35 heavy (non-hydrogen) atoms. The van der Waals surface area contributed by atoms with Gasteiger partial charge in [0.1, 0.15) is 12.1 Å². The molecule has 0 rings (SSSR count). The van der Waals surface area contributed by atoms with Gasteiger partial charge in [0.05, 0.1) is 12.1 Å². The molecular formula is C20H37N7O8. The van der Waals surface area contributed by atoms with Gasteiger partial charge in [-0.1, -0.05) is 13.8 Å². The van der Waals surface area contributed by atoms with Crippen molar-refractivity contribution in [3.8, 4) is 0 Å². The van der Waals surface area contributed by atoms with E-state index >= 15 is 0 Å². The van der Waals surface area contributed by atoms with Crippen LogP contribution in [-0.2, 0) is 24.0 Å². The second kappa shape index (κ2) is 15.4.